The van der Waals surface area contributed by atoms with Crippen LogP contribution in [-0.2, 0) is 4.74 Å². The van der Waals surface area contributed by atoms with Crippen molar-refractivity contribution in [3.8, 4) is 0 Å². The molecule has 1 fully saturated rings. The standard InChI is InChI=1S/C7H15N2O/c1-2-9-3-4-10-7(5-8)6-9/h2,7H,3-6,8H2,1H3. The summed E-state index contributed by atoms with van der Waals surface area (Å²) in [5.41, 5.74) is 5.45. The van der Waals surface area contributed by atoms with Crippen molar-refractivity contribution in [3.63, 3.8) is 0 Å². The molecule has 0 aromatic heterocycles. The molecule has 0 saturated carbocycles. The van der Waals surface area contributed by atoms with Gasteiger partial charge in [0.25, 0.3) is 0 Å². The number of nitrogens with zero attached hydrogens (tertiary/aromatic N) is 1. The average molecular weight is 143 g/mol. The van der Waals surface area contributed by atoms with Crippen molar-refractivity contribution in [1.29, 1.82) is 0 Å². The third-order valence-corrected chi connectivity index (χ3v) is 1.80. The van der Waals surface area contributed by atoms with Crippen molar-refractivity contribution in [2.45, 2.75) is 13.0 Å². The van der Waals surface area contributed by atoms with E-state index in [1.165, 1.54) is 0 Å². The summed E-state index contributed by atoms with van der Waals surface area (Å²) in [7, 11) is 0. The predicted octanol–water partition coefficient (Wildman–Crippen LogP) is -0.172. The van der Waals surface area contributed by atoms with Crippen molar-refractivity contribution in [3.05, 3.63) is 6.54 Å². The van der Waals surface area contributed by atoms with Crippen LogP contribution >= 0.6 is 0 Å². The molecule has 1 radical (unpaired) electrons. The van der Waals surface area contributed by atoms with E-state index in [1.807, 2.05) is 6.92 Å². The second-order valence-corrected chi connectivity index (χ2v) is 2.48. The highest BCUT2D eigenvalue weighted by Gasteiger charge is 2.16. The van der Waals surface area contributed by atoms with E-state index in [4.69, 9.17) is 10.5 Å². The van der Waals surface area contributed by atoms with Gasteiger partial charge in [-0.25, -0.2) is 0 Å². The van der Waals surface area contributed by atoms with Crippen LogP contribution in [0.5, 0.6) is 0 Å². The van der Waals surface area contributed by atoms with E-state index in [0.717, 1.165) is 19.7 Å². The molecule has 1 rings (SSSR count). The molecule has 0 bridgehead atoms. The minimum atomic E-state index is 0.241. The number of rotatable bonds is 2. The Labute approximate surface area is 62.1 Å². The lowest BCUT2D eigenvalue weighted by atomic mass is 10.3. The van der Waals surface area contributed by atoms with Crippen molar-refractivity contribution >= 4 is 0 Å². The molecule has 1 saturated heterocycles. The maximum Gasteiger partial charge on any atom is 0.0824 e. The van der Waals surface area contributed by atoms with Gasteiger partial charge in [-0.2, -0.15) is 0 Å². The third-order valence-electron chi connectivity index (χ3n) is 1.80. The number of nitrogens with two attached hydrogens (primary N) is 1. The summed E-state index contributed by atoms with van der Waals surface area (Å²) in [6.45, 7) is 7.53. The van der Waals surface area contributed by atoms with Crippen LogP contribution < -0.4 is 5.73 Å². The van der Waals surface area contributed by atoms with E-state index in [9.17, 15) is 0 Å². The second-order valence-electron chi connectivity index (χ2n) is 2.48. The summed E-state index contributed by atoms with van der Waals surface area (Å²) in [5.74, 6) is 0. The molecule has 1 aliphatic heterocycles. The van der Waals surface area contributed by atoms with Crippen LogP contribution in [0.1, 0.15) is 6.92 Å². The van der Waals surface area contributed by atoms with Crippen LogP contribution in [0, 0.1) is 6.54 Å². The fourth-order valence-electron chi connectivity index (χ4n) is 1.12. The molecule has 59 valence electrons. The largest absolute Gasteiger partial charge is 0.374 e. The van der Waals surface area contributed by atoms with Gasteiger partial charge in [0, 0.05) is 26.2 Å². The summed E-state index contributed by atoms with van der Waals surface area (Å²) >= 11 is 0. The first-order chi connectivity index (χ1) is 4.86. The first-order valence-corrected chi connectivity index (χ1v) is 3.72. The zero-order valence-electron chi connectivity index (χ0n) is 6.42. The second kappa shape index (κ2) is 3.91. The number of morpholine rings is 1. The first-order valence-electron chi connectivity index (χ1n) is 3.72. The normalized spacial score (nSPS) is 28.8. The zero-order valence-corrected chi connectivity index (χ0v) is 6.42. The van der Waals surface area contributed by atoms with Gasteiger partial charge in [-0.05, 0) is 6.92 Å². The van der Waals surface area contributed by atoms with Crippen molar-refractivity contribution in [1.82, 2.24) is 4.90 Å². The molecule has 0 aromatic carbocycles. The fourth-order valence-corrected chi connectivity index (χ4v) is 1.12. The molecule has 1 unspecified atom stereocenters. The van der Waals surface area contributed by atoms with Crippen LogP contribution in [-0.4, -0.2) is 37.2 Å². The van der Waals surface area contributed by atoms with E-state index >= 15 is 0 Å². The molecule has 0 aromatic rings. The number of hydrogen-bond donors (Lipinski definition) is 1. The van der Waals surface area contributed by atoms with E-state index in [-0.39, 0.29) is 6.10 Å². The molecular weight excluding hydrogens is 128 g/mol. The molecule has 0 aliphatic carbocycles. The molecule has 10 heavy (non-hydrogen) atoms. The Morgan fingerprint density at radius 1 is 1.80 bits per heavy atom. The highest BCUT2D eigenvalue weighted by atomic mass is 16.5. The average Bonchev–Trinajstić information content (AvgIpc) is 2.05. The van der Waals surface area contributed by atoms with Crippen LogP contribution in [0.25, 0.3) is 0 Å². The van der Waals surface area contributed by atoms with Gasteiger partial charge in [0.15, 0.2) is 0 Å². The van der Waals surface area contributed by atoms with E-state index in [2.05, 4.69) is 11.4 Å². The first kappa shape index (κ1) is 7.98. The molecule has 1 atom stereocenters. The molecule has 2 N–H and O–H groups in total. The minimum absolute atomic E-state index is 0.241. The van der Waals surface area contributed by atoms with Gasteiger partial charge in [0.2, 0.25) is 0 Å². The van der Waals surface area contributed by atoms with Crippen LogP contribution in [0.3, 0.4) is 0 Å². The Bertz CT molecular complexity index is 87.6. The molecule has 1 aliphatic rings. The molecular formula is C7H15N2O. The van der Waals surface area contributed by atoms with Crippen molar-refractivity contribution in [2.75, 3.05) is 26.2 Å². The molecule has 3 heteroatoms. The Hall–Kier alpha value is -0.120. The smallest absolute Gasteiger partial charge is 0.0824 e. The zero-order chi connectivity index (χ0) is 7.40. The van der Waals surface area contributed by atoms with Gasteiger partial charge in [-0.3, -0.25) is 4.90 Å². The summed E-state index contributed by atoms with van der Waals surface area (Å²) in [4.78, 5) is 2.24. The quantitative estimate of drug-likeness (QED) is 0.583. The lowest BCUT2D eigenvalue weighted by Gasteiger charge is -2.30. The molecule has 3 nitrogen and oxygen atoms in total. The lowest BCUT2D eigenvalue weighted by Crippen LogP contribution is -2.43. The van der Waals surface area contributed by atoms with Crippen molar-refractivity contribution < 1.29 is 4.74 Å². The lowest BCUT2D eigenvalue weighted by molar-refractivity contribution is -0.0125. The Morgan fingerprint density at radius 3 is 3.20 bits per heavy atom. The summed E-state index contributed by atoms with van der Waals surface area (Å²) < 4.78 is 5.37. The predicted molar refractivity (Wildman–Crippen MR) is 40.3 cm³/mol. The van der Waals surface area contributed by atoms with Gasteiger partial charge < -0.3 is 10.5 Å². The molecule has 1 heterocycles. The van der Waals surface area contributed by atoms with Crippen LogP contribution in [0.2, 0.25) is 0 Å². The Balaban J connectivity index is 2.25. The van der Waals surface area contributed by atoms with Gasteiger partial charge >= 0.3 is 0 Å². The third kappa shape index (κ3) is 1.94. The maximum absolute atomic E-state index is 5.45. The van der Waals surface area contributed by atoms with E-state index in [0.29, 0.717) is 6.54 Å². The van der Waals surface area contributed by atoms with Crippen LogP contribution in [0.4, 0.5) is 0 Å². The van der Waals surface area contributed by atoms with Crippen LogP contribution in [0.15, 0.2) is 0 Å². The van der Waals surface area contributed by atoms with E-state index < -0.39 is 0 Å². The number of ether oxygens (including phenoxy) is 1. The SMILES string of the molecule is C[CH]N1CCOC(CN)C1. The van der Waals surface area contributed by atoms with E-state index in [1.54, 1.807) is 0 Å². The Morgan fingerprint density at radius 2 is 2.60 bits per heavy atom. The van der Waals surface area contributed by atoms with Gasteiger partial charge in [-0.1, -0.05) is 0 Å². The summed E-state index contributed by atoms with van der Waals surface area (Å²) in [5, 5.41) is 0. The maximum atomic E-state index is 5.45. The monoisotopic (exact) mass is 143 g/mol. The highest BCUT2D eigenvalue weighted by molar-refractivity contribution is 4.74. The van der Waals surface area contributed by atoms with Crippen molar-refractivity contribution in [2.24, 2.45) is 5.73 Å². The molecule has 0 spiro atoms. The highest BCUT2D eigenvalue weighted by Crippen LogP contribution is 2.04. The Kier molecular flexibility index (Phi) is 3.12. The summed E-state index contributed by atoms with van der Waals surface area (Å²) in [6.07, 6.45) is 0.241. The fraction of sp³-hybridized carbons (Fsp3) is 0.857. The molecule has 0 amide bonds. The summed E-state index contributed by atoms with van der Waals surface area (Å²) in [6, 6.07) is 0. The van der Waals surface area contributed by atoms with Gasteiger partial charge in [0.1, 0.15) is 0 Å². The number of hydrogen-bond acceptors (Lipinski definition) is 3. The van der Waals surface area contributed by atoms with Gasteiger partial charge in [-0.15, -0.1) is 0 Å². The topological polar surface area (TPSA) is 38.5 Å². The minimum Gasteiger partial charge on any atom is -0.374 e. The van der Waals surface area contributed by atoms with Gasteiger partial charge in [0.05, 0.1) is 12.7 Å².